The first-order chi connectivity index (χ1) is 10.7. The third-order valence-corrected chi connectivity index (χ3v) is 2.92. The number of ether oxygens (including phenoxy) is 3. The van der Waals surface area contributed by atoms with E-state index in [0.717, 1.165) is 0 Å². The van der Waals surface area contributed by atoms with Crippen molar-refractivity contribution in [2.45, 2.75) is 0 Å². The molecule has 2 rings (SSSR count). The molecule has 0 aliphatic carbocycles. The molecule has 0 radical (unpaired) electrons. The van der Waals surface area contributed by atoms with E-state index in [1.807, 2.05) is 0 Å². The van der Waals surface area contributed by atoms with Crippen molar-refractivity contribution in [2.75, 3.05) is 20.8 Å². The van der Waals surface area contributed by atoms with Crippen LogP contribution in [0.15, 0.2) is 42.6 Å². The van der Waals surface area contributed by atoms with Crippen LogP contribution in [0.3, 0.4) is 0 Å². The quantitative estimate of drug-likeness (QED) is 0.601. The molecule has 6 nitrogen and oxygen atoms in total. The number of Topliss-reactive ketones (excluding diaryl/α,β-unsaturated/α-hetero) is 1. The lowest BCUT2D eigenvalue weighted by Crippen LogP contribution is -2.15. The van der Waals surface area contributed by atoms with Crippen LogP contribution in [0.25, 0.3) is 0 Å². The largest absolute Gasteiger partial charge is 0.496 e. The SMILES string of the molecule is COc1ccc(C(=O)OCC(=O)c2ccccc2OC)cn1. The summed E-state index contributed by atoms with van der Waals surface area (Å²) < 4.78 is 15.0. The van der Waals surface area contributed by atoms with Gasteiger partial charge in [0.25, 0.3) is 0 Å². The van der Waals surface area contributed by atoms with Gasteiger partial charge in [-0.05, 0) is 18.2 Å². The molecule has 1 heterocycles. The smallest absolute Gasteiger partial charge is 0.340 e. The summed E-state index contributed by atoms with van der Waals surface area (Å²) in [4.78, 5) is 27.8. The molecule has 22 heavy (non-hydrogen) atoms. The minimum absolute atomic E-state index is 0.244. The number of aromatic nitrogens is 1. The average Bonchev–Trinajstić information content (AvgIpc) is 2.59. The number of benzene rings is 1. The lowest BCUT2D eigenvalue weighted by molar-refractivity contribution is 0.0473. The van der Waals surface area contributed by atoms with Crippen LogP contribution in [-0.4, -0.2) is 37.6 Å². The van der Waals surface area contributed by atoms with Gasteiger partial charge in [-0.1, -0.05) is 12.1 Å². The molecule has 0 atom stereocenters. The summed E-state index contributed by atoms with van der Waals surface area (Å²) in [7, 11) is 2.95. The van der Waals surface area contributed by atoms with Gasteiger partial charge in [0.15, 0.2) is 6.61 Å². The van der Waals surface area contributed by atoms with Crippen LogP contribution in [0.2, 0.25) is 0 Å². The van der Waals surface area contributed by atoms with E-state index >= 15 is 0 Å². The van der Waals surface area contributed by atoms with Crippen LogP contribution in [0, 0.1) is 0 Å². The second-order valence-electron chi connectivity index (χ2n) is 4.29. The van der Waals surface area contributed by atoms with E-state index in [1.54, 1.807) is 30.3 Å². The molecule has 2 aromatic rings. The van der Waals surface area contributed by atoms with Gasteiger partial charge in [-0.25, -0.2) is 9.78 Å². The molecule has 0 fully saturated rings. The molecular weight excluding hydrogens is 286 g/mol. The number of hydrogen-bond donors (Lipinski definition) is 0. The van der Waals surface area contributed by atoms with Gasteiger partial charge in [-0.2, -0.15) is 0 Å². The van der Waals surface area contributed by atoms with Crippen LogP contribution >= 0.6 is 0 Å². The Bertz CT molecular complexity index is 666. The number of pyridine rings is 1. The molecule has 0 saturated heterocycles. The normalized spacial score (nSPS) is 9.91. The molecule has 114 valence electrons. The Morgan fingerprint density at radius 2 is 1.82 bits per heavy atom. The minimum Gasteiger partial charge on any atom is -0.496 e. The lowest BCUT2D eigenvalue weighted by Gasteiger charge is -2.08. The van der Waals surface area contributed by atoms with Crippen molar-refractivity contribution < 1.29 is 23.8 Å². The van der Waals surface area contributed by atoms with E-state index in [4.69, 9.17) is 14.2 Å². The Kier molecular flexibility index (Phi) is 5.08. The summed E-state index contributed by atoms with van der Waals surface area (Å²) in [6.45, 7) is -0.370. The first kappa shape index (κ1) is 15.5. The number of ketones is 1. The average molecular weight is 301 g/mol. The lowest BCUT2D eigenvalue weighted by atomic mass is 10.1. The van der Waals surface area contributed by atoms with Crippen LogP contribution in [0.4, 0.5) is 0 Å². The monoisotopic (exact) mass is 301 g/mol. The van der Waals surface area contributed by atoms with Crippen LogP contribution in [-0.2, 0) is 4.74 Å². The first-order valence-corrected chi connectivity index (χ1v) is 6.49. The van der Waals surface area contributed by atoms with Crippen molar-refractivity contribution in [1.29, 1.82) is 0 Å². The van der Waals surface area contributed by atoms with Crippen LogP contribution in [0.1, 0.15) is 20.7 Å². The molecule has 0 aliphatic heterocycles. The third-order valence-electron chi connectivity index (χ3n) is 2.92. The minimum atomic E-state index is -0.626. The van der Waals surface area contributed by atoms with Gasteiger partial charge >= 0.3 is 5.97 Å². The molecule has 0 spiro atoms. The Balaban J connectivity index is 1.99. The van der Waals surface area contributed by atoms with E-state index < -0.39 is 5.97 Å². The van der Waals surface area contributed by atoms with E-state index in [0.29, 0.717) is 17.2 Å². The highest BCUT2D eigenvalue weighted by Crippen LogP contribution is 2.18. The zero-order chi connectivity index (χ0) is 15.9. The third kappa shape index (κ3) is 3.60. The number of esters is 1. The van der Waals surface area contributed by atoms with Crippen molar-refractivity contribution in [2.24, 2.45) is 0 Å². The maximum absolute atomic E-state index is 12.1. The van der Waals surface area contributed by atoms with Gasteiger partial charge in [0, 0.05) is 12.3 Å². The molecule has 0 N–H and O–H groups in total. The van der Waals surface area contributed by atoms with E-state index in [9.17, 15) is 9.59 Å². The molecular formula is C16H15NO5. The van der Waals surface area contributed by atoms with E-state index in [-0.39, 0.29) is 18.0 Å². The van der Waals surface area contributed by atoms with Gasteiger partial charge < -0.3 is 14.2 Å². The fraction of sp³-hybridized carbons (Fsp3) is 0.188. The molecule has 0 saturated carbocycles. The summed E-state index contributed by atoms with van der Waals surface area (Å²) >= 11 is 0. The first-order valence-electron chi connectivity index (χ1n) is 6.49. The highest BCUT2D eigenvalue weighted by atomic mass is 16.5. The maximum Gasteiger partial charge on any atom is 0.340 e. The number of nitrogens with zero attached hydrogens (tertiary/aromatic N) is 1. The molecule has 0 amide bonds. The molecule has 1 aromatic carbocycles. The molecule has 0 bridgehead atoms. The highest BCUT2D eigenvalue weighted by molar-refractivity contribution is 6.01. The number of para-hydroxylation sites is 1. The predicted octanol–water partition coefficient (Wildman–Crippen LogP) is 2.14. The van der Waals surface area contributed by atoms with Crippen LogP contribution in [0.5, 0.6) is 11.6 Å². The van der Waals surface area contributed by atoms with Gasteiger partial charge in [-0.15, -0.1) is 0 Å². The van der Waals surface area contributed by atoms with Crippen LogP contribution < -0.4 is 9.47 Å². The second-order valence-corrected chi connectivity index (χ2v) is 4.29. The number of methoxy groups -OCH3 is 2. The molecule has 0 unspecified atom stereocenters. The standard InChI is InChI=1S/C16H15NO5/c1-20-14-6-4-3-5-12(14)13(18)10-22-16(19)11-7-8-15(21-2)17-9-11/h3-9H,10H2,1-2H3. The summed E-state index contributed by atoms with van der Waals surface area (Å²) in [6.07, 6.45) is 1.33. The summed E-state index contributed by atoms with van der Waals surface area (Å²) in [6, 6.07) is 9.81. The predicted molar refractivity (Wildman–Crippen MR) is 78.4 cm³/mol. The van der Waals surface area contributed by atoms with Gasteiger partial charge in [0.2, 0.25) is 11.7 Å². The number of hydrogen-bond acceptors (Lipinski definition) is 6. The van der Waals surface area contributed by atoms with E-state index in [2.05, 4.69) is 4.98 Å². The molecule has 1 aromatic heterocycles. The van der Waals surface area contributed by atoms with Gasteiger partial charge in [0.1, 0.15) is 5.75 Å². The van der Waals surface area contributed by atoms with Gasteiger partial charge in [0.05, 0.1) is 25.3 Å². The highest BCUT2D eigenvalue weighted by Gasteiger charge is 2.15. The number of carbonyl (C=O) groups is 2. The van der Waals surface area contributed by atoms with Crippen molar-refractivity contribution >= 4 is 11.8 Å². The fourth-order valence-corrected chi connectivity index (χ4v) is 1.79. The van der Waals surface area contributed by atoms with Crippen molar-refractivity contribution in [3.63, 3.8) is 0 Å². The maximum atomic E-state index is 12.1. The molecule has 6 heteroatoms. The van der Waals surface area contributed by atoms with Crippen molar-refractivity contribution in [3.05, 3.63) is 53.7 Å². The van der Waals surface area contributed by atoms with Crippen molar-refractivity contribution in [1.82, 2.24) is 4.98 Å². The Labute approximate surface area is 127 Å². The zero-order valence-electron chi connectivity index (χ0n) is 12.2. The van der Waals surface area contributed by atoms with E-state index in [1.165, 1.54) is 26.5 Å². The Morgan fingerprint density at radius 3 is 2.45 bits per heavy atom. The summed E-state index contributed by atoms with van der Waals surface area (Å²) in [5.74, 6) is -0.137. The number of rotatable bonds is 6. The summed E-state index contributed by atoms with van der Waals surface area (Å²) in [5.41, 5.74) is 0.610. The van der Waals surface area contributed by atoms with Crippen molar-refractivity contribution in [3.8, 4) is 11.6 Å². The second kappa shape index (κ2) is 7.21. The fourth-order valence-electron chi connectivity index (χ4n) is 1.79. The summed E-state index contributed by atoms with van der Waals surface area (Å²) in [5, 5.41) is 0. The Morgan fingerprint density at radius 1 is 1.05 bits per heavy atom. The zero-order valence-corrected chi connectivity index (χ0v) is 12.2. The topological polar surface area (TPSA) is 74.7 Å². The Hall–Kier alpha value is -2.89. The number of carbonyl (C=O) groups excluding carboxylic acids is 2. The molecule has 0 aliphatic rings. The van der Waals surface area contributed by atoms with Gasteiger partial charge in [-0.3, -0.25) is 4.79 Å².